The molecule has 1 aliphatic heterocycles. The monoisotopic (exact) mass is 394 g/mol. The minimum atomic E-state index is -0.472. The summed E-state index contributed by atoms with van der Waals surface area (Å²) < 4.78 is 7.18. The third-order valence-electron chi connectivity index (χ3n) is 5.32. The topological polar surface area (TPSA) is 42.4 Å². The molecule has 4 rings (SSSR count). The Morgan fingerprint density at radius 1 is 1.14 bits per heavy atom. The lowest BCUT2D eigenvalue weighted by Gasteiger charge is -2.32. The Morgan fingerprint density at radius 2 is 1.82 bits per heavy atom. The van der Waals surface area contributed by atoms with Crippen LogP contribution in [-0.4, -0.2) is 35.0 Å². The van der Waals surface area contributed by atoms with E-state index in [1.807, 2.05) is 43.9 Å². The zero-order valence-electron chi connectivity index (χ0n) is 16.6. The molecule has 0 N–H and O–H groups in total. The molecule has 3 aromatic rings. The van der Waals surface area contributed by atoms with Crippen molar-refractivity contribution in [3.05, 3.63) is 58.6 Å². The summed E-state index contributed by atoms with van der Waals surface area (Å²) in [7, 11) is 0. The number of nitrogens with zero attached hydrogens (tertiary/aromatic N) is 2. The van der Waals surface area contributed by atoms with Crippen LogP contribution < -0.4 is 4.74 Å². The smallest absolute Gasteiger partial charge is 0.263 e. The van der Waals surface area contributed by atoms with Gasteiger partial charge in [-0.3, -0.25) is 4.79 Å². The maximum absolute atomic E-state index is 12.8. The Labute approximate surface area is 170 Å². The van der Waals surface area contributed by atoms with Gasteiger partial charge in [-0.1, -0.05) is 18.2 Å². The zero-order chi connectivity index (χ0) is 19.7. The Morgan fingerprint density at radius 3 is 2.50 bits per heavy atom. The highest BCUT2D eigenvalue weighted by Gasteiger charge is 2.29. The van der Waals surface area contributed by atoms with Gasteiger partial charge in [-0.05, 0) is 69.0 Å². The number of benzene rings is 2. The summed E-state index contributed by atoms with van der Waals surface area (Å²) >= 11 is 1.78. The number of carbonyl (C=O) groups excluding carboxylic acids is 1. The Balaban J connectivity index is 1.36. The van der Waals surface area contributed by atoms with E-state index < -0.39 is 6.10 Å². The second kappa shape index (κ2) is 7.92. The van der Waals surface area contributed by atoms with Crippen molar-refractivity contribution in [1.29, 1.82) is 0 Å². The standard InChI is InChI=1S/C23H26N2O2S/c1-15-12-16(2)14-19(13-15)27-17(3)23(26)25-10-8-18(9-11-25)22-24-20-6-4-5-7-21(20)28-22/h4-7,12-14,17-18H,8-11H2,1-3H3. The molecule has 1 saturated heterocycles. The van der Waals surface area contributed by atoms with Gasteiger partial charge in [0, 0.05) is 19.0 Å². The molecule has 1 atom stereocenters. The SMILES string of the molecule is Cc1cc(C)cc(OC(C)C(=O)N2CCC(c3nc4ccccc4s3)CC2)c1. The second-order valence-corrected chi connectivity index (χ2v) is 8.77. The summed E-state index contributed by atoms with van der Waals surface area (Å²) in [4.78, 5) is 19.6. The van der Waals surface area contributed by atoms with Crippen LogP contribution in [0.2, 0.25) is 0 Å². The predicted octanol–water partition coefficient (Wildman–Crippen LogP) is 5.09. The molecule has 0 bridgehead atoms. The molecule has 1 aliphatic rings. The molecule has 1 amide bonds. The highest BCUT2D eigenvalue weighted by Crippen LogP contribution is 2.34. The van der Waals surface area contributed by atoms with Crippen LogP contribution in [0, 0.1) is 13.8 Å². The van der Waals surface area contributed by atoms with Gasteiger partial charge in [0.05, 0.1) is 15.2 Å². The number of hydrogen-bond donors (Lipinski definition) is 0. The molecule has 1 fully saturated rings. The first-order chi connectivity index (χ1) is 13.5. The number of amides is 1. The number of ether oxygens (including phenoxy) is 1. The third kappa shape index (κ3) is 4.04. The normalized spacial score (nSPS) is 16.3. The van der Waals surface area contributed by atoms with E-state index in [0.29, 0.717) is 5.92 Å². The first-order valence-electron chi connectivity index (χ1n) is 9.89. The van der Waals surface area contributed by atoms with Crippen molar-refractivity contribution >= 4 is 27.5 Å². The number of fused-ring (bicyclic) bond motifs is 1. The van der Waals surface area contributed by atoms with Gasteiger partial charge in [0.15, 0.2) is 6.10 Å². The van der Waals surface area contributed by atoms with Gasteiger partial charge in [0.25, 0.3) is 5.91 Å². The highest BCUT2D eigenvalue weighted by molar-refractivity contribution is 7.18. The van der Waals surface area contributed by atoms with Crippen molar-refractivity contribution < 1.29 is 9.53 Å². The maximum Gasteiger partial charge on any atom is 0.263 e. The predicted molar refractivity (Wildman–Crippen MR) is 114 cm³/mol. The zero-order valence-corrected chi connectivity index (χ0v) is 17.5. The molecule has 0 spiro atoms. The number of piperidine rings is 1. The van der Waals surface area contributed by atoms with Crippen LogP contribution in [0.5, 0.6) is 5.75 Å². The Hall–Kier alpha value is -2.40. The van der Waals surface area contributed by atoms with E-state index in [2.05, 4.69) is 24.3 Å². The lowest BCUT2D eigenvalue weighted by Crippen LogP contribution is -2.44. The molecule has 4 nitrogen and oxygen atoms in total. The maximum atomic E-state index is 12.8. The van der Waals surface area contributed by atoms with Crippen LogP contribution in [0.3, 0.4) is 0 Å². The van der Waals surface area contributed by atoms with Crippen LogP contribution in [-0.2, 0) is 4.79 Å². The largest absolute Gasteiger partial charge is 0.481 e. The van der Waals surface area contributed by atoms with Crippen molar-refractivity contribution in [3.8, 4) is 5.75 Å². The summed E-state index contributed by atoms with van der Waals surface area (Å²) in [5.41, 5.74) is 3.37. The fourth-order valence-electron chi connectivity index (χ4n) is 3.92. The Kier molecular flexibility index (Phi) is 5.36. The van der Waals surface area contributed by atoms with E-state index in [1.54, 1.807) is 11.3 Å². The molecule has 1 unspecified atom stereocenters. The fourth-order valence-corrected chi connectivity index (χ4v) is 5.06. The van der Waals surface area contributed by atoms with E-state index >= 15 is 0 Å². The first-order valence-corrected chi connectivity index (χ1v) is 10.7. The third-order valence-corrected chi connectivity index (χ3v) is 6.52. The first kappa shape index (κ1) is 18.9. The average molecular weight is 395 g/mol. The van der Waals surface area contributed by atoms with E-state index in [0.717, 1.165) is 48.3 Å². The van der Waals surface area contributed by atoms with Crippen LogP contribution >= 0.6 is 11.3 Å². The minimum Gasteiger partial charge on any atom is -0.481 e. The number of carbonyl (C=O) groups is 1. The highest BCUT2D eigenvalue weighted by atomic mass is 32.1. The van der Waals surface area contributed by atoms with E-state index in [4.69, 9.17) is 9.72 Å². The number of rotatable bonds is 4. The molecule has 0 aliphatic carbocycles. The summed E-state index contributed by atoms with van der Waals surface area (Å²) in [5.74, 6) is 1.28. The quantitative estimate of drug-likeness (QED) is 0.619. The van der Waals surface area contributed by atoms with Gasteiger partial charge in [0.1, 0.15) is 5.75 Å². The van der Waals surface area contributed by atoms with E-state index in [9.17, 15) is 4.79 Å². The molecule has 2 aromatic carbocycles. The number of aryl methyl sites for hydroxylation is 2. The van der Waals surface area contributed by atoms with Crippen molar-refractivity contribution in [1.82, 2.24) is 9.88 Å². The minimum absolute atomic E-state index is 0.0712. The fraction of sp³-hybridized carbons (Fsp3) is 0.391. The van der Waals surface area contributed by atoms with Gasteiger partial charge < -0.3 is 9.64 Å². The van der Waals surface area contributed by atoms with Crippen molar-refractivity contribution in [3.63, 3.8) is 0 Å². The molecule has 2 heterocycles. The lowest BCUT2D eigenvalue weighted by atomic mass is 9.97. The van der Waals surface area contributed by atoms with Crippen molar-refractivity contribution in [2.75, 3.05) is 13.1 Å². The molecule has 0 saturated carbocycles. The molecular formula is C23H26N2O2S. The number of hydrogen-bond acceptors (Lipinski definition) is 4. The molecule has 146 valence electrons. The summed E-state index contributed by atoms with van der Waals surface area (Å²) in [6.45, 7) is 7.46. The lowest BCUT2D eigenvalue weighted by molar-refractivity contribution is -0.139. The molecule has 5 heteroatoms. The molecule has 0 radical (unpaired) electrons. The van der Waals surface area contributed by atoms with Gasteiger partial charge in [0.2, 0.25) is 0 Å². The van der Waals surface area contributed by atoms with Gasteiger partial charge >= 0.3 is 0 Å². The number of aromatic nitrogens is 1. The van der Waals surface area contributed by atoms with Crippen LogP contribution in [0.4, 0.5) is 0 Å². The van der Waals surface area contributed by atoms with Crippen molar-refractivity contribution in [2.24, 2.45) is 0 Å². The summed E-state index contributed by atoms with van der Waals surface area (Å²) in [6, 6.07) is 14.4. The second-order valence-electron chi connectivity index (χ2n) is 7.70. The van der Waals surface area contributed by atoms with Crippen LogP contribution in [0.25, 0.3) is 10.2 Å². The van der Waals surface area contributed by atoms with Gasteiger partial charge in [-0.2, -0.15) is 0 Å². The molecule has 28 heavy (non-hydrogen) atoms. The average Bonchev–Trinajstić information content (AvgIpc) is 3.11. The summed E-state index contributed by atoms with van der Waals surface area (Å²) in [5, 5.41) is 1.20. The van der Waals surface area contributed by atoms with E-state index in [1.165, 1.54) is 9.71 Å². The number of para-hydroxylation sites is 1. The van der Waals surface area contributed by atoms with Crippen LogP contribution in [0.1, 0.15) is 41.8 Å². The van der Waals surface area contributed by atoms with Gasteiger partial charge in [-0.25, -0.2) is 4.98 Å². The van der Waals surface area contributed by atoms with Gasteiger partial charge in [-0.15, -0.1) is 11.3 Å². The Bertz CT molecular complexity index is 936. The molecule has 1 aromatic heterocycles. The van der Waals surface area contributed by atoms with Crippen LogP contribution in [0.15, 0.2) is 42.5 Å². The summed E-state index contributed by atoms with van der Waals surface area (Å²) in [6.07, 6.45) is 1.45. The van der Waals surface area contributed by atoms with E-state index in [-0.39, 0.29) is 5.91 Å². The number of likely N-dealkylation sites (tertiary alicyclic amines) is 1. The number of thiazole rings is 1. The van der Waals surface area contributed by atoms with Crippen molar-refractivity contribution in [2.45, 2.75) is 45.6 Å². The molecular weight excluding hydrogens is 368 g/mol.